The Labute approximate surface area is 720 Å². The van der Waals surface area contributed by atoms with Crippen LogP contribution in [0.3, 0.4) is 0 Å². The van der Waals surface area contributed by atoms with Crippen molar-refractivity contribution in [2.75, 3.05) is 14.7 Å². The van der Waals surface area contributed by atoms with Crippen LogP contribution in [0.2, 0.25) is 0 Å². The lowest BCUT2D eigenvalue weighted by atomic mass is 9.33. The van der Waals surface area contributed by atoms with Gasteiger partial charge in [0, 0.05) is 95.1 Å². The highest BCUT2D eigenvalue weighted by atomic mass is 15.2. The van der Waals surface area contributed by atoms with Crippen molar-refractivity contribution >= 4 is 74.3 Å². The molecule has 606 valence electrons. The number of pyridine rings is 4. The molecular weight excluding hydrogens is 1470 g/mol. The molecule has 0 radical (unpaired) electrons. The summed E-state index contributed by atoms with van der Waals surface area (Å²) in [7, 11) is 0. The van der Waals surface area contributed by atoms with Crippen LogP contribution in [0.1, 0.15) is 233 Å². The van der Waals surface area contributed by atoms with Crippen LogP contribution in [-0.4, -0.2) is 26.6 Å². The lowest BCUT2D eigenvalue weighted by Crippen LogP contribution is -2.61. The minimum absolute atomic E-state index is 0.107. The molecule has 0 saturated carbocycles. The van der Waals surface area contributed by atoms with E-state index in [9.17, 15) is 0 Å². The Morgan fingerprint density at radius 3 is 0.983 bits per heavy atom. The van der Waals surface area contributed by atoms with E-state index < -0.39 is 10.8 Å². The van der Waals surface area contributed by atoms with Gasteiger partial charge in [-0.15, -0.1) is 0 Å². The molecule has 3 aliphatic heterocycles. The highest BCUT2D eigenvalue weighted by molar-refractivity contribution is 7.00. The summed E-state index contributed by atoms with van der Waals surface area (Å²) in [4.78, 5) is 31.6. The fourth-order valence-corrected chi connectivity index (χ4v) is 19.1. The van der Waals surface area contributed by atoms with Gasteiger partial charge in [-0.25, -0.2) is 0 Å². The molecule has 0 unspecified atom stereocenters. The first-order chi connectivity index (χ1) is 57.1. The molecule has 1 aliphatic carbocycles. The van der Waals surface area contributed by atoms with Gasteiger partial charge in [-0.1, -0.05) is 318 Å². The first kappa shape index (κ1) is 80.3. The standard InChI is InChI=1S/C113H116BN7/c1-105(2,3)71-39-33-38-69(60-71)70-56-59-94-87(61-70)114-86-58-57-75(119-92-50-31-29-44-84(92)113(85-45-30-32-51-93(85)119)82-42-27-25-40-76(82)77-41-26-28-43-83(77)113)68-95(86)121(104-80(90-48-36-54-100(117-90)111(19,20)21)64-73(107(7,8)9)65-81(104)91-49-37-55-101(118-91)112(22,23)24)97-67-74(108(10,11)12)66-96(102(97)114)120(94)103-78(88-46-34-52-98(115-88)109(13,14)15)62-72(106(4,5)6)63-79(103)89-47-35-53-99(116-89)110(16,17)18/h25-68H,1-24H3. The van der Waals surface area contributed by atoms with Crippen LogP contribution in [-0.2, 0) is 48.7 Å². The minimum atomic E-state index is -0.622. The molecule has 7 heterocycles. The predicted octanol–water partition coefficient (Wildman–Crippen LogP) is 28.2. The molecule has 0 amide bonds. The molecule has 1 spiro atoms. The summed E-state index contributed by atoms with van der Waals surface area (Å²) in [5, 5.41) is 0. The van der Waals surface area contributed by atoms with Crippen LogP contribution < -0.4 is 31.1 Å². The van der Waals surface area contributed by atoms with Gasteiger partial charge in [-0.2, -0.15) is 0 Å². The second-order valence-electron chi connectivity index (χ2n) is 42.8. The largest absolute Gasteiger partial charge is 0.310 e. The number of para-hydroxylation sites is 2. The summed E-state index contributed by atoms with van der Waals surface area (Å²) in [5.41, 5.74) is 36.8. The van der Waals surface area contributed by atoms with Crippen LogP contribution in [0.4, 0.5) is 51.2 Å². The third kappa shape index (κ3) is 13.6. The summed E-state index contributed by atoms with van der Waals surface area (Å²) < 4.78 is 0. The monoisotopic (exact) mass is 1580 g/mol. The number of hydrogen-bond donors (Lipinski definition) is 0. The minimum Gasteiger partial charge on any atom is -0.310 e. The van der Waals surface area contributed by atoms with Crippen molar-refractivity contribution in [2.45, 2.75) is 215 Å². The van der Waals surface area contributed by atoms with E-state index in [2.05, 4.69) is 448 Å². The predicted molar refractivity (Wildman–Crippen MR) is 514 cm³/mol. The molecule has 0 bridgehead atoms. The topological polar surface area (TPSA) is 61.3 Å². The van der Waals surface area contributed by atoms with E-state index in [0.717, 1.165) is 125 Å². The first-order valence-corrected chi connectivity index (χ1v) is 43.7. The van der Waals surface area contributed by atoms with Crippen LogP contribution >= 0.6 is 0 Å². The summed E-state index contributed by atoms with van der Waals surface area (Å²) in [6.07, 6.45) is 0. The van der Waals surface area contributed by atoms with E-state index in [0.29, 0.717) is 0 Å². The molecule has 14 aromatic rings. The Morgan fingerprint density at radius 1 is 0.231 bits per heavy atom. The van der Waals surface area contributed by atoms with Crippen molar-refractivity contribution < 1.29 is 0 Å². The summed E-state index contributed by atoms with van der Waals surface area (Å²) in [5.74, 6) is 0. The third-order valence-electron chi connectivity index (χ3n) is 25.9. The molecule has 7 nitrogen and oxygen atoms in total. The van der Waals surface area contributed by atoms with Crippen LogP contribution in [0.15, 0.2) is 267 Å². The highest BCUT2D eigenvalue weighted by Gasteiger charge is 2.53. The normalized spacial score (nSPS) is 14.3. The van der Waals surface area contributed by atoms with Gasteiger partial charge < -0.3 is 14.7 Å². The maximum Gasteiger partial charge on any atom is 0.252 e. The lowest BCUT2D eigenvalue weighted by molar-refractivity contribution is 0.569. The van der Waals surface area contributed by atoms with Gasteiger partial charge in [0.2, 0.25) is 0 Å². The third-order valence-corrected chi connectivity index (χ3v) is 25.9. The number of rotatable bonds is 8. The number of benzene rings is 10. The smallest absolute Gasteiger partial charge is 0.252 e. The number of fused-ring (bicyclic) bond motifs is 13. The molecule has 18 rings (SSSR count). The molecule has 4 aromatic heterocycles. The highest BCUT2D eigenvalue weighted by Crippen LogP contribution is 2.65. The van der Waals surface area contributed by atoms with Crippen LogP contribution in [0.25, 0.3) is 67.3 Å². The molecule has 0 fully saturated rings. The van der Waals surface area contributed by atoms with E-state index in [1.54, 1.807) is 0 Å². The van der Waals surface area contributed by atoms with Gasteiger partial charge in [0.1, 0.15) is 0 Å². The Bertz CT molecular complexity index is 6280. The number of hydrogen-bond acceptors (Lipinski definition) is 7. The Hall–Kier alpha value is -11.7. The van der Waals surface area contributed by atoms with Gasteiger partial charge in [0.25, 0.3) is 6.71 Å². The van der Waals surface area contributed by atoms with Gasteiger partial charge in [0.05, 0.1) is 50.9 Å². The summed E-state index contributed by atoms with van der Waals surface area (Å²) in [6, 6.07) is 103. The van der Waals surface area contributed by atoms with Gasteiger partial charge in [-0.05, 0) is 220 Å². The second kappa shape index (κ2) is 28.2. The Morgan fingerprint density at radius 2 is 0.587 bits per heavy atom. The fourth-order valence-electron chi connectivity index (χ4n) is 19.1. The van der Waals surface area contributed by atoms with Crippen molar-refractivity contribution in [2.24, 2.45) is 0 Å². The number of aromatic nitrogens is 4. The lowest BCUT2D eigenvalue weighted by Gasteiger charge is -2.47. The van der Waals surface area contributed by atoms with E-state index in [1.807, 2.05) is 0 Å². The first-order valence-electron chi connectivity index (χ1n) is 43.7. The van der Waals surface area contributed by atoms with Crippen LogP contribution in [0, 0.1) is 0 Å². The maximum absolute atomic E-state index is 5.93. The Kier molecular flexibility index (Phi) is 18.7. The maximum atomic E-state index is 5.93. The summed E-state index contributed by atoms with van der Waals surface area (Å²) >= 11 is 0. The molecule has 0 atom stereocenters. The van der Waals surface area contributed by atoms with Crippen LogP contribution in [0.5, 0.6) is 0 Å². The zero-order valence-electron chi connectivity index (χ0n) is 75.6. The number of anilines is 9. The molecule has 0 saturated heterocycles. The molecule has 0 N–H and O–H groups in total. The van der Waals surface area contributed by atoms with Gasteiger partial charge in [0.15, 0.2) is 0 Å². The number of nitrogens with zero attached hydrogens (tertiary/aromatic N) is 7. The second-order valence-corrected chi connectivity index (χ2v) is 42.8. The van der Waals surface area contributed by atoms with Crippen molar-refractivity contribution in [1.82, 2.24) is 19.9 Å². The molecular formula is C113H116BN7. The average Bonchev–Trinajstić information content (AvgIpc) is 1.16. The summed E-state index contributed by atoms with van der Waals surface area (Å²) in [6.45, 7) is 55.3. The van der Waals surface area contributed by atoms with Crippen molar-refractivity contribution in [3.8, 4) is 67.3 Å². The fraction of sp³-hybridized carbons (Fsp3) is 0.292. The molecule has 4 aliphatic rings. The molecule has 121 heavy (non-hydrogen) atoms. The Balaban J connectivity index is 1.04. The molecule has 10 aromatic carbocycles. The van der Waals surface area contributed by atoms with E-state index in [-0.39, 0.29) is 44.6 Å². The zero-order chi connectivity index (χ0) is 85.5. The van der Waals surface area contributed by atoms with Crippen molar-refractivity contribution in [3.05, 3.63) is 334 Å². The quantitative estimate of drug-likeness (QED) is 0.141. The zero-order valence-corrected chi connectivity index (χ0v) is 75.6. The van der Waals surface area contributed by atoms with E-state index >= 15 is 0 Å². The average molecular weight is 1580 g/mol. The van der Waals surface area contributed by atoms with Crippen molar-refractivity contribution in [3.63, 3.8) is 0 Å². The van der Waals surface area contributed by atoms with E-state index in [1.165, 1.54) is 77.6 Å². The SMILES string of the molecule is CC(C)(C)c1cccc(-c2ccc3c(c2)B2c4ccc(N5c6ccccc6C6(c7ccccc7-c7ccccc76)c6ccccc65)cc4N(c4c(-c5cccc(C(C)(C)C)n5)cc(C(C)(C)C)cc4-c4cccc(C(C)(C)C)n4)c4cc(C(C)(C)C)cc(c42)N3c2c(-c3cccc(C(C)(C)C)n3)cc(C(C)(C)C)cc2-c2cccc(C(C)(C)C)n2)c1. The van der Waals surface area contributed by atoms with E-state index in [4.69, 9.17) is 19.9 Å². The molecule has 8 heteroatoms. The van der Waals surface area contributed by atoms with Gasteiger partial charge in [-0.3, -0.25) is 19.9 Å². The van der Waals surface area contributed by atoms with Gasteiger partial charge >= 0.3 is 0 Å². The van der Waals surface area contributed by atoms with Crippen molar-refractivity contribution in [1.29, 1.82) is 0 Å².